The van der Waals surface area contributed by atoms with Crippen LogP contribution < -0.4 is 5.32 Å². The van der Waals surface area contributed by atoms with E-state index >= 15 is 0 Å². The Kier molecular flexibility index (Phi) is 4.22. The highest BCUT2D eigenvalue weighted by Crippen LogP contribution is 2.24. The average molecular weight is 226 g/mol. The molecule has 0 aromatic heterocycles. The van der Waals surface area contributed by atoms with Gasteiger partial charge in [0.2, 0.25) is 0 Å². The topological polar surface area (TPSA) is 24.5 Å². The third-order valence-electron chi connectivity index (χ3n) is 4.42. The second-order valence-electron chi connectivity index (χ2n) is 5.69. The normalized spacial score (nSPS) is 38.1. The first-order valence-electron chi connectivity index (χ1n) is 6.68. The number of likely N-dealkylation sites (tertiary alicyclic amines) is 1. The molecular weight excluding hydrogens is 200 g/mol. The molecule has 0 spiro atoms. The highest BCUT2D eigenvalue weighted by molar-refractivity contribution is 4.85. The van der Waals surface area contributed by atoms with Crippen molar-refractivity contribution in [3.63, 3.8) is 0 Å². The molecule has 16 heavy (non-hydrogen) atoms. The van der Waals surface area contributed by atoms with Crippen molar-refractivity contribution >= 4 is 0 Å². The van der Waals surface area contributed by atoms with E-state index in [0.29, 0.717) is 6.04 Å². The Bertz CT molecular complexity index is 206. The summed E-state index contributed by atoms with van der Waals surface area (Å²) in [6, 6.07) is 0.611. The van der Waals surface area contributed by atoms with Gasteiger partial charge in [0.15, 0.2) is 0 Å². The van der Waals surface area contributed by atoms with Gasteiger partial charge in [0.05, 0.1) is 6.61 Å². The summed E-state index contributed by atoms with van der Waals surface area (Å²) in [6.45, 7) is 10.4. The van der Waals surface area contributed by atoms with E-state index in [1.165, 1.54) is 26.1 Å². The number of likely N-dealkylation sites (N-methyl/N-ethyl adjacent to an activating group) is 1. The van der Waals surface area contributed by atoms with Crippen LogP contribution in [-0.4, -0.2) is 50.8 Å². The summed E-state index contributed by atoms with van der Waals surface area (Å²) >= 11 is 0. The number of nitrogens with one attached hydrogen (secondary N) is 1. The third-order valence-corrected chi connectivity index (χ3v) is 4.42. The first-order valence-corrected chi connectivity index (χ1v) is 6.68. The smallest absolute Gasteiger partial charge is 0.0510 e. The summed E-state index contributed by atoms with van der Waals surface area (Å²) in [6.07, 6.45) is 1.23. The summed E-state index contributed by atoms with van der Waals surface area (Å²) < 4.78 is 5.49. The van der Waals surface area contributed by atoms with Gasteiger partial charge >= 0.3 is 0 Å². The maximum absolute atomic E-state index is 5.49. The van der Waals surface area contributed by atoms with Crippen LogP contribution in [0.5, 0.6) is 0 Å². The molecule has 0 aromatic rings. The second-order valence-corrected chi connectivity index (χ2v) is 5.69. The predicted molar refractivity (Wildman–Crippen MR) is 66.5 cm³/mol. The van der Waals surface area contributed by atoms with Crippen LogP contribution in [0.3, 0.4) is 0 Å². The molecule has 3 nitrogen and oxygen atoms in total. The molecule has 0 amide bonds. The zero-order valence-corrected chi connectivity index (χ0v) is 10.9. The van der Waals surface area contributed by atoms with Gasteiger partial charge < -0.3 is 15.0 Å². The van der Waals surface area contributed by atoms with Gasteiger partial charge in [-0.3, -0.25) is 0 Å². The summed E-state index contributed by atoms with van der Waals surface area (Å²) in [5.74, 6) is 2.44. The summed E-state index contributed by atoms with van der Waals surface area (Å²) in [5.41, 5.74) is 0. The molecule has 1 N–H and O–H groups in total. The molecule has 3 heteroatoms. The number of hydrogen-bond acceptors (Lipinski definition) is 3. The molecule has 2 saturated heterocycles. The van der Waals surface area contributed by atoms with E-state index < -0.39 is 0 Å². The average Bonchev–Trinajstić information content (AvgIpc) is 2.86. The SMILES string of the molecule is CNC(CN1CC(C)C(C)C1)C1CCOC1. The monoisotopic (exact) mass is 226 g/mol. The van der Waals surface area contributed by atoms with Crippen LogP contribution >= 0.6 is 0 Å². The summed E-state index contributed by atoms with van der Waals surface area (Å²) in [4.78, 5) is 2.62. The Labute approximate surface area is 99.5 Å². The number of ether oxygens (including phenoxy) is 1. The largest absolute Gasteiger partial charge is 0.381 e. The van der Waals surface area contributed by atoms with Gasteiger partial charge in [-0.2, -0.15) is 0 Å². The van der Waals surface area contributed by atoms with Crippen LogP contribution in [0.1, 0.15) is 20.3 Å². The summed E-state index contributed by atoms with van der Waals surface area (Å²) in [7, 11) is 2.09. The van der Waals surface area contributed by atoms with Crippen molar-refractivity contribution in [3.8, 4) is 0 Å². The molecule has 0 aliphatic carbocycles. The van der Waals surface area contributed by atoms with Crippen molar-refractivity contribution in [1.82, 2.24) is 10.2 Å². The lowest BCUT2D eigenvalue weighted by Crippen LogP contribution is -2.43. The van der Waals surface area contributed by atoms with Gasteiger partial charge in [0.25, 0.3) is 0 Å². The van der Waals surface area contributed by atoms with Crippen molar-refractivity contribution < 1.29 is 4.74 Å². The van der Waals surface area contributed by atoms with Gasteiger partial charge in [0, 0.05) is 38.2 Å². The molecule has 0 aromatic carbocycles. The van der Waals surface area contributed by atoms with Gasteiger partial charge in [-0.1, -0.05) is 13.8 Å². The van der Waals surface area contributed by atoms with Crippen LogP contribution in [0.15, 0.2) is 0 Å². The molecule has 2 aliphatic rings. The standard InChI is InChI=1S/C13H26N2O/c1-10-6-15(7-11(10)2)8-13(14-3)12-4-5-16-9-12/h10-14H,4-9H2,1-3H3. The fourth-order valence-corrected chi connectivity index (χ4v) is 3.02. The van der Waals surface area contributed by atoms with E-state index in [4.69, 9.17) is 4.74 Å². The molecular formula is C13H26N2O. The van der Waals surface area contributed by atoms with Gasteiger partial charge in [0.1, 0.15) is 0 Å². The zero-order valence-electron chi connectivity index (χ0n) is 10.9. The number of rotatable bonds is 4. The highest BCUT2D eigenvalue weighted by Gasteiger charge is 2.31. The Morgan fingerprint density at radius 2 is 2.00 bits per heavy atom. The minimum atomic E-state index is 0.611. The number of hydrogen-bond donors (Lipinski definition) is 1. The van der Waals surface area contributed by atoms with E-state index in [1.807, 2.05) is 0 Å². The second kappa shape index (κ2) is 5.48. The quantitative estimate of drug-likeness (QED) is 0.779. The van der Waals surface area contributed by atoms with Crippen LogP contribution in [0.25, 0.3) is 0 Å². The van der Waals surface area contributed by atoms with E-state index in [0.717, 1.165) is 31.0 Å². The molecule has 2 heterocycles. The first kappa shape index (κ1) is 12.3. The van der Waals surface area contributed by atoms with E-state index in [1.54, 1.807) is 0 Å². The lowest BCUT2D eigenvalue weighted by Gasteiger charge is -2.27. The molecule has 0 bridgehead atoms. The fraction of sp³-hybridized carbons (Fsp3) is 1.00. The first-order chi connectivity index (χ1) is 7.70. The van der Waals surface area contributed by atoms with Gasteiger partial charge in [-0.25, -0.2) is 0 Å². The Morgan fingerprint density at radius 3 is 2.50 bits per heavy atom. The minimum Gasteiger partial charge on any atom is -0.381 e. The minimum absolute atomic E-state index is 0.611. The molecule has 4 unspecified atom stereocenters. The van der Waals surface area contributed by atoms with Crippen molar-refractivity contribution in [2.24, 2.45) is 17.8 Å². The van der Waals surface area contributed by atoms with E-state index in [2.05, 4.69) is 31.1 Å². The Hall–Kier alpha value is -0.120. The number of nitrogens with zero attached hydrogens (tertiary/aromatic N) is 1. The van der Waals surface area contributed by atoms with Crippen molar-refractivity contribution in [1.29, 1.82) is 0 Å². The van der Waals surface area contributed by atoms with Crippen molar-refractivity contribution in [2.75, 3.05) is 39.9 Å². The summed E-state index contributed by atoms with van der Waals surface area (Å²) in [5, 5.41) is 3.48. The lowest BCUT2D eigenvalue weighted by molar-refractivity contribution is 0.167. The van der Waals surface area contributed by atoms with Crippen LogP contribution in [0.4, 0.5) is 0 Å². The third kappa shape index (κ3) is 2.76. The molecule has 4 atom stereocenters. The molecule has 0 saturated carbocycles. The molecule has 94 valence electrons. The molecule has 2 fully saturated rings. The Balaban J connectivity index is 1.82. The van der Waals surface area contributed by atoms with E-state index in [-0.39, 0.29) is 0 Å². The molecule has 2 aliphatic heterocycles. The zero-order chi connectivity index (χ0) is 11.5. The van der Waals surface area contributed by atoms with Gasteiger partial charge in [-0.05, 0) is 25.3 Å². The van der Waals surface area contributed by atoms with Crippen LogP contribution in [-0.2, 0) is 4.74 Å². The lowest BCUT2D eigenvalue weighted by atomic mass is 9.99. The Morgan fingerprint density at radius 1 is 1.31 bits per heavy atom. The van der Waals surface area contributed by atoms with Gasteiger partial charge in [-0.15, -0.1) is 0 Å². The van der Waals surface area contributed by atoms with E-state index in [9.17, 15) is 0 Å². The maximum atomic E-state index is 5.49. The predicted octanol–water partition coefficient (Wildman–Crippen LogP) is 1.20. The maximum Gasteiger partial charge on any atom is 0.0510 e. The van der Waals surface area contributed by atoms with Crippen molar-refractivity contribution in [2.45, 2.75) is 26.3 Å². The van der Waals surface area contributed by atoms with Crippen LogP contribution in [0.2, 0.25) is 0 Å². The molecule has 0 radical (unpaired) electrons. The van der Waals surface area contributed by atoms with Crippen LogP contribution in [0, 0.1) is 17.8 Å². The highest BCUT2D eigenvalue weighted by atomic mass is 16.5. The molecule has 2 rings (SSSR count). The van der Waals surface area contributed by atoms with Crippen molar-refractivity contribution in [3.05, 3.63) is 0 Å². The fourth-order valence-electron chi connectivity index (χ4n) is 3.02.